The number of benzene rings is 3. The van der Waals surface area contributed by atoms with Crippen LogP contribution in [0, 0.1) is 11.8 Å². The first-order valence-corrected chi connectivity index (χ1v) is 16.6. The van der Waals surface area contributed by atoms with Gasteiger partial charge in [-0.25, -0.2) is 0 Å². The van der Waals surface area contributed by atoms with Crippen LogP contribution in [0.15, 0.2) is 88.5 Å². The molecular weight excluding hydrogens is 668 g/mol. The molecule has 4 atom stereocenters. The first kappa shape index (κ1) is 30.2. The molecular formula is C36H40Br2N2O3+2. The van der Waals surface area contributed by atoms with Gasteiger partial charge >= 0.3 is 0 Å². The zero-order valence-corrected chi connectivity index (χ0v) is 28.4. The van der Waals surface area contributed by atoms with Crippen molar-refractivity contribution < 1.29 is 23.3 Å². The number of ether oxygens (including phenoxy) is 3. The largest absolute Gasteiger partial charge is 0.497 e. The lowest BCUT2D eigenvalue weighted by molar-refractivity contribution is -0.981. The molecule has 7 heteroatoms. The molecule has 0 saturated carbocycles. The van der Waals surface area contributed by atoms with E-state index in [1.165, 1.54) is 47.0 Å². The highest BCUT2D eigenvalue weighted by Crippen LogP contribution is 2.46. The van der Waals surface area contributed by atoms with E-state index < -0.39 is 0 Å². The van der Waals surface area contributed by atoms with Crippen LogP contribution in [-0.4, -0.2) is 44.9 Å². The lowest BCUT2D eigenvalue weighted by atomic mass is 9.71. The van der Waals surface area contributed by atoms with E-state index in [-0.39, 0.29) is 0 Å². The van der Waals surface area contributed by atoms with E-state index in [0.717, 1.165) is 56.7 Å². The minimum atomic E-state index is 0.519. The van der Waals surface area contributed by atoms with Crippen LogP contribution in [0.5, 0.6) is 17.2 Å². The van der Waals surface area contributed by atoms with Crippen LogP contribution in [0.1, 0.15) is 29.5 Å². The number of halogens is 2. The van der Waals surface area contributed by atoms with E-state index in [0.29, 0.717) is 17.9 Å². The molecule has 5 nitrogen and oxygen atoms in total. The summed E-state index contributed by atoms with van der Waals surface area (Å²) in [5.41, 5.74) is 5.07. The molecule has 0 radical (unpaired) electrons. The number of aromatic nitrogens is 1. The Hall–Kier alpha value is -2.87. The maximum atomic E-state index is 5.72. The number of fused-ring (bicyclic) bond motifs is 4. The van der Waals surface area contributed by atoms with Crippen molar-refractivity contribution in [2.24, 2.45) is 11.8 Å². The molecule has 4 heterocycles. The van der Waals surface area contributed by atoms with Gasteiger partial charge in [0.05, 0.1) is 45.8 Å². The zero-order chi connectivity index (χ0) is 30.1. The van der Waals surface area contributed by atoms with Gasteiger partial charge in [0.25, 0.3) is 0 Å². The summed E-state index contributed by atoms with van der Waals surface area (Å²) in [6, 6.07) is 21.8. The van der Waals surface area contributed by atoms with E-state index in [1.807, 2.05) is 12.1 Å². The number of hydrogen-bond donors (Lipinski definition) is 0. The van der Waals surface area contributed by atoms with E-state index in [4.69, 9.17) is 14.2 Å². The SMILES string of the molecule is C=CC1C[N+]2(Cc3cc(OC)ccc3Br)CCC1CC2Cc1cc[n+](Cc2cc(OC)ccc2Br)c2ccc(OC)cc12. The van der Waals surface area contributed by atoms with E-state index in [1.54, 1.807) is 21.3 Å². The van der Waals surface area contributed by atoms with Gasteiger partial charge in [-0.1, -0.05) is 37.9 Å². The number of methoxy groups -OCH3 is 3. The summed E-state index contributed by atoms with van der Waals surface area (Å²) in [5, 5.41) is 1.25. The molecule has 0 N–H and O–H groups in total. The second-order valence-electron chi connectivity index (χ2n) is 12.1. The normalized spacial score (nSPS) is 22.9. The Morgan fingerprint density at radius 3 is 2.21 bits per heavy atom. The van der Waals surface area contributed by atoms with Crippen molar-refractivity contribution in [3.63, 3.8) is 0 Å². The molecule has 3 aromatic carbocycles. The fraction of sp³-hybridized carbons (Fsp3) is 0.361. The summed E-state index contributed by atoms with van der Waals surface area (Å²) in [5.74, 6) is 3.92. The number of piperidine rings is 3. The van der Waals surface area contributed by atoms with Gasteiger partial charge in [-0.15, -0.1) is 6.58 Å². The smallest absolute Gasteiger partial charge is 0.213 e. The summed E-state index contributed by atoms with van der Waals surface area (Å²) < 4.78 is 22.5. The van der Waals surface area contributed by atoms with Crippen LogP contribution in [0.2, 0.25) is 0 Å². The van der Waals surface area contributed by atoms with Gasteiger partial charge in [0.1, 0.15) is 23.8 Å². The quantitative estimate of drug-likeness (QED) is 0.0955. The third-order valence-corrected chi connectivity index (χ3v) is 11.4. The molecule has 0 amide bonds. The van der Waals surface area contributed by atoms with Gasteiger partial charge < -0.3 is 18.7 Å². The minimum Gasteiger partial charge on any atom is -0.497 e. The molecule has 43 heavy (non-hydrogen) atoms. The lowest BCUT2D eigenvalue weighted by Crippen LogP contribution is -2.66. The Morgan fingerprint density at radius 2 is 1.51 bits per heavy atom. The number of hydrogen-bond acceptors (Lipinski definition) is 3. The third-order valence-electron chi connectivity index (χ3n) is 9.88. The molecule has 0 spiro atoms. The zero-order valence-electron chi connectivity index (χ0n) is 25.2. The van der Waals surface area contributed by atoms with Crippen LogP contribution in [0.4, 0.5) is 0 Å². The van der Waals surface area contributed by atoms with Gasteiger partial charge in [0.15, 0.2) is 12.7 Å². The second-order valence-corrected chi connectivity index (χ2v) is 13.8. The Bertz CT molecular complexity index is 1660. The fourth-order valence-corrected chi connectivity index (χ4v) is 8.25. The van der Waals surface area contributed by atoms with Crippen molar-refractivity contribution >= 4 is 42.8 Å². The van der Waals surface area contributed by atoms with Crippen molar-refractivity contribution in [1.29, 1.82) is 0 Å². The monoisotopic (exact) mass is 706 g/mol. The molecule has 4 aromatic rings. The van der Waals surface area contributed by atoms with Crippen molar-refractivity contribution in [2.75, 3.05) is 34.4 Å². The van der Waals surface area contributed by atoms with Crippen LogP contribution in [-0.2, 0) is 19.5 Å². The molecule has 2 bridgehead atoms. The van der Waals surface area contributed by atoms with Gasteiger partial charge in [0, 0.05) is 57.4 Å². The molecule has 4 unspecified atom stereocenters. The molecule has 3 fully saturated rings. The maximum absolute atomic E-state index is 5.72. The van der Waals surface area contributed by atoms with Gasteiger partial charge in [-0.05, 0) is 60.0 Å². The van der Waals surface area contributed by atoms with Crippen molar-refractivity contribution in [3.05, 3.63) is 105 Å². The number of pyridine rings is 1. The first-order chi connectivity index (χ1) is 20.9. The highest BCUT2D eigenvalue weighted by Gasteiger charge is 2.51. The topological polar surface area (TPSA) is 31.6 Å². The number of rotatable bonds is 10. The molecule has 224 valence electrons. The maximum Gasteiger partial charge on any atom is 0.213 e. The number of nitrogens with zero attached hydrogens (tertiary/aromatic N) is 2. The van der Waals surface area contributed by atoms with Crippen LogP contribution < -0.4 is 18.8 Å². The average Bonchev–Trinajstić information content (AvgIpc) is 3.04. The van der Waals surface area contributed by atoms with E-state index >= 15 is 0 Å². The summed E-state index contributed by atoms with van der Waals surface area (Å²) in [4.78, 5) is 0. The van der Waals surface area contributed by atoms with Gasteiger partial charge in [-0.2, -0.15) is 4.57 Å². The molecule has 7 rings (SSSR count). The lowest BCUT2D eigenvalue weighted by Gasteiger charge is -2.57. The Balaban J connectivity index is 1.38. The van der Waals surface area contributed by atoms with Crippen molar-refractivity contribution in [2.45, 2.75) is 38.4 Å². The Labute approximate surface area is 271 Å². The van der Waals surface area contributed by atoms with Crippen LogP contribution in [0.3, 0.4) is 0 Å². The van der Waals surface area contributed by atoms with Crippen LogP contribution >= 0.6 is 31.9 Å². The highest BCUT2D eigenvalue weighted by atomic mass is 79.9. The fourth-order valence-electron chi connectivity index (χ4n) is 7.50. The summed E-state index contributed by atoms with van der Waals surface area (Å²) in [7, 11) is 5.21. The standard InChI is InChI=1S/C36H40Br2N2O3/c1-5-24-22-40(23-28-19-31(42-3)7-10-35(28)38)15-13-25(24)16-29(40)17-26-12-14-39(36-11-8-32(43-4)20-33(26)36)21-27-18-30(41-2)6-9-34(27)37/h5-12,14,18-20,24-25,29H,1,13,15-17,21-23H2,2-4H3/q+2. The summed E-state index contributed by atoms with van der Waals surface area (Å²) in [6.07, 6.45) is 7.97. The second kappa shape index (κ2) is 12.6. The van der Waals surface area contributed by atoms with E-state index in [2.05, 4.69) is 104 Å². The summed E-state index contributed by atoms with van der Waals surface area (Å²) >= 11 is 7.61. The average molecular weight is 709 g/mol. The first-order valence-electron chi connectivity index (χ1n) is 15.0. The molecule has 1 aromatic heterocycles. The van der Waals surface area contributed by atoms with Gasteiger partial charge in [-0.3, -0.25) is 0 Å². The predicted octanol–water partition coefficient (Wildman–Crippen LogP) is 7.88. The van der Waals surface area contributed by atoms with E-state index in [9.17, 15) is 0 Å². The molecule has 3 saturated heterocycles. The summed E-state index contributed by atoms with van der Waals surface area (Å²) in [6.45, 7) is 8.30. The Kier molecular flexibility index (Phi) is 8.86. The van der Waals surface area contributed by atoms with Crippen molar-refractivity contribution in [1.82, 2.24) is 0 Å². The highest BCUT2D eigenvalue weighted by molar-refractivity contribution is 9.10. The third kappa shape index (κ3) is 5.96. The Morgan fingerprint density at radius 1 is 0.860 bits per heavy atom. The number of quaternary nitrogens is 1. The minimum absolute atomic E-state index is 0.519. The van der Waals surface area contributed by atoms with Crippen molar-refractivity contribution in [3.8, 4) is 17.2 Å². The predicted molar refractivity (Wildman–Crippen MR) is 179 cm³/mol. The van der Waals surface area contributed by atoms with Gasteiger partial charge in [0.2, 0.25) is 5.52 Å². The molecule has 0 aliphatic carbocycles. The van der Waals surface area contributed by atoms with Crippen LogP contribution in [0.25, 0.3) is 10.9 Å². The molecule has 3 aliphatic heterocycles. The molecule has 3 aliphatic rings.